The van der Waals surface area contributed by atoms with Crippen LogP contribution in [0.5, 0.6) is 5.75 Å². The molecular formula is C15H21BrClNO3. The summed E-state index contributed by atoms with van der Waals surface area (Å²) in [5, 5.41) is 12.1. The number of rotatable bonds is 8. The first-order chi connectivity index (χ1) is 9.84. The Morgan fingerprint density at radius 2 is 2.19 bits per heavy atom. The first kappa shape index (κ1) is 18.3. The minimum absolute atomic E-state index is 0.0480. The van der Waals surface area contributed by atoms with Crippen LogP contribution in [0.1, 0.15) is 26.7 Å². The van der Waals surface area contributed by atoms with Gasteiger partial charge >= 0.3 is 0 Å². The average Bonchev–Trinajstić information content (AvgIpc) is 2.42. The number of amides is 1. The molecule has 1 aromatic carbocycles. The molecule has 1 rings (SSSR count). The summed E-state index contributed by atoms with van der Waals surface area (Å²) in [6, 6.07) is 5.23. The largest absolute Gasteiger partial charge is 0.482 e. The maximum absolute atomic E-state index is 11.8. The maximum atomic E-state index is 11.8. The summed E-state index contributed by atoms with van der Waals surface area (Å²) < 4.78 is 6.25. The average molecular weight is 379 g/mol. The molecule has 0 aliphatic carbocycles. The van der Waals surface area contributed by atoms with E-state index in [9.17, 15) is 4.79 Å². The van der Waals surface area contributed by atoms with Gasteiger partial charge in [-0.2, -0.15) is 0 Å². The molecule has 4 nitrogen and oxygen atoms in total. The predicted molar refractivity (Wildman–Crippen MR) is 87.8 cm³/mol. The van der Waals surface area contributed by atoms with E-state index in [2.05, 4.69) is 35.1 Å². The number of ether oxygens (including phenoxy) is 1. The first-order valence-corrected chi connectivity index (χ1v) is 7.96. The van der Waals surface area contributed by atoms with Crippen LogP contribution in [0, 0.1) is 5.41 Å². The zero-order valence-electron chi connectivity index (χ0n) is 12.3. The fraction of sp³-hybridized carbons (Fsp3) is 0.533. The molecule has 6 heteroatoms. The van der Waals surface area contributed by atoms with Crippen LogP contribution in [-0.2, 0) is 4.79 Å². The molecule has 1 aromatic rings. The topological polar surface area (TPSA) is 58.6 Å². The number of aliphatic hydroxyl groups is 1. The van der Waals surface area contributed by atoms with E-state index < -0.39 is 0 Å². The molecule has 21 heavy (non-hydrogen) atoms. The summed E-state index contributed by atoms with van der Waals surface area (Å²) >= 11 is 9.32. The molecule has 0 spiro atoms. The lowest BCUT2D eigenvalue weighted by Crippen LogP contribution is -2.36. The van der Waals surface area contributed by atoms with Gasteiger partial charge in [-0.3, -0.25) is 4.79 Å². The molecule has 0 bridgehead atoms. The van der Waals surface area contributed by atoms with Gasteiger partial charge in [0.15, 0.2) is 6.61 Å². The van der Waals surface area contributed by atoms with Crippen molar-refractivity contribution in [3.8, 4) is 5.75 Å². The Hall–Kier alpha value is -0.780. The second-order valence-corrected chi connectivity index (χ2v) is 6.95. The Kier molecular flexibility index (Phi) is 7.49. The molecule has 118 valence electrons. The molecule has 0 aromatic heterocycles. The van der Waals surface area contributed by atoms with E-state index in [0.717, 1.165) is 17.3 Å². The summed E-state index contributed by atoms with van der Waals surface area (Å²) in [4.78, 5) is 11.8. The number of carbonyl (C=O) groups is 1. The van der Waals surface area contributed by atoms with Crippen molar-refractivity contribution >= 4 is 33.4 Å². The van der Waals surface area contributed by atoms with Crippen molar-refractivity contribution in [1.82, 2.24) is 5.32 Å². The lowest BCUT2D eigenvalue weighted by molar-refractivity contribution is -0.123. The van der Waals surface area contributed by atoms with E-state index in [1.54, 1.807) is 18.2 Å². The Morgan fingerprint density at radius 1 is 1.48 bits per heavy atom. The number of aliphatic hydroxyl groups excluding tert-OH is 1. The minimum Gasteiger partial charge on any atom is -0.482 e. The Balaban J connectivity index is 2.37. The van der Waals surface area contributed by atoms with Crippen LogP contribution >= 0.6 is 27.5 Å². The molecule has 0 aliphatic heterocycles. The second kappa shape index (κ2) is 8.61. The molecule has 0 unspecified atom stereocenters. The van der Waals surface area contributed by atoms with E-state index in [0.29, 0.717) is 17.3 Å². The van der Waals surface area contributed by atoms with Crippen LogP contribution in [-0.4, -0.2) is 30.8 Å². The van der Waals surface area contributed by atoms with Gasteiger partial charge in [-0.05, 0) is 36.5 Å². The maximum Gasteiger partial charge on any atom is 0.257 e. The molecule has 1 amide bonds. The van der Waals surface area contributed by atoms with Crippen molar-refractivity contribution < 1.29 is 14.6 Å². The summed E-state index contributed by atoms with van der Waals surface area (Å²) in [5.41, 5.74) is -0.0480. The lowest BCUT2D eigenvalue weighted by Gasteiger charge is -2.24. The van der Waals surface area contributed by atoms with E-state index in [4.69, 9.17) is 21.4 Å². The van der Waals surface area contributed by atoms with Gasteiger partial charge in [0, 0.05) is 17.6 Å². The molecule has 0 saturated heterocycles. The van der Waals surface area contributed by atoms with E-state index >= 15 is 0 Å². The molecule has 0 saturated carbocycles. The highest BCUT2D eigenvalue weighted by molar-refractivity contribution is 9.10. The normalized spacial score (nSPS) is 11.3. The number of carbonyl (C=O) groups excluding carboxylic acids is 1. The van der Waals surface area contributed by atoms with Gasteiger partial charge in [-0.25, -0.2) is 0 Å². The van der Waals surface area contributed by atoms with Gasteiger partial charge in [0.25, 0.3) is 5.91 Å². The predicted octanol–water partition coefficient (Wildman–Crippen LogP) is 3.40. The SMILES string of the molecule is CC(C)(CCCO)CNC(=O)COc1ccc(Br)cc1Cl. The summed E-state index contributed by atoms with van der Waals surface area (Å²) in [5.74, 6) is 0.292. The van der Waals surface area contributed by atoms with Crippen LogP contribution in [0.2, 0.25) is 5.02 Å². The van der Waals surface area contributed by atoms with Crippen LogP contribution in [0.4, 0.5) is 0 Å². The Bertz CT molecular complexity index is 480. The van der Waals surface area contributed by atoms with Crippen molar-refractivity contribution in [2.24, 2.45) is 5.41 Å². The highest BCUT2D eigenvalue weighted by atomic mass is 79.9. The molecule has 0 heterocycles. The van der Waals surface area contributed by atoms with Gasteiger partial charge < -0.3 is 15.2 Å². The quantitative estimate of drug-likeness (QED) is 0.729. The van der Waals surface area contributed by atoms with Crippen molar-refractivity contribution in [2.45, 2.75) is 26.7 Å². The first-order valence-electron chi connectivity index (χ1n) is 6.79. The second-order valence-electron chi connectivity index (χ2n) is 5.63. The molecule has 2 N–H and O–H groups in total. The van der Waals surface area contributed by atoms with Gasteiger partial charge in [-0.15, -0.1) is 0 Å². The van der Waals surface area contributed by atoms with Crippen molar-refractivity contribution in [2.75, 3.05) is 19.8 Å². The fourth-order valence-electron chi connectivity index (χ4n) is 1.77. The van der Waals surface area contributed by atoms with Crippen LogP contribution in [0.15, 0.2) is 22.7 Å². The summed E-state index contributed by atoms with van der Waals surface area (Å²) in [6.07, 6.45) is 1.58. The third-order valence-corrected chi connectivity index (χ3v) is 3.82. The zero-order valence-corrected chi connectivity index (χ0v) is 14.6. The highest BCUT2D eigenvalue weighted by Crippen LogP contribution is 2.27. The molecule has 0 atom stereocenters. The van der Waals surface area contributed by atoms with Gasteiger partial charge in [0.2, 0.25) is 0 Å². The van der Waals surface area contributed by atoms with Gasteiger partial charge in [0.05, 0.1) is 5.02 Å². The number of hydrogen-bond donors (Lipinski definition) is 2. The third kappa shape index (κ3) is 7.16. The summed E-state index contributed by atoms with van der Waals surface area (Å²) in [6.45, 7) is 4.74. The summed E-state index contributed by atoms with van der Waals surface area (Å²) in [7, 11) is 0. The monoisotopic (exact) mass is 377 g/mol. The standard InChI is InChI=1S/C15H21BrClNO3/c1-15(2,6-3-7-19)10-18-14(20)9-21-13-5-4-11(16)8-12(13)17/h4-5,8,19H,3,6-7,9-10H2,1-2H3,(H,18,20). The lowest BCUT2D eigenvalue weighted by atomic mass is 9.88. The van der Waals surface area contributed by atoms with Crippen molar-refractivity contribution in [3.05, 3.63) is 27.7 Å². The van der Waals surface area contributed by atoms with Crippen LogP contribution in [0.3, 0.4) is 0 Å². The van der Waals surface area contributed by atoms with Crippen molar-refractivity contribution in [1.29, 1.82) is 0 Å². The zero-order chi connectivity index (χ0) is 15.9. The Labute approximate surface area is 139 Å². The highest BCUT2D eigenvalue weighted by Gasteiger charge is 2.18. The number of nitrogens with one attached hydrogen (secondary N) is 1. The smallest absolute Gasteiger partial charge is 0.257 e. The van der Waals surface area contributed by atoms with E-state index in [-0.39, 0.29) is 24.5 Å². The number of benzene rings is 1. The van der Waals surface area contributed by atoms with Crippen LogP contribution in [0.25, 0.3) is 0 Å². The minimum atomic E-state index is -0.189. The van der Waals surface area contributed by atoms with Gasteiger partial charge in [-0.1, -0.05) is 41.4 Å². The third-order valence-electron chi connectivity index (χ3n) is 3.03. The van der Waals surface area contributed by atoms with Gasteiger partial charge in [0.1, 0.15) is 5.75 Å². The molecule has 0 fully saturated rings. The van der Waals surface area contributed by atoms with E-state index in [1.165, 1.54) is 0 Å². The van der Waals surface area contributed by atoms with E-state index in [1.807, 2.05) is 0 Å². The fourth-order valence-corrected chi connectivity index (χ4v) is 2.50. The van der Waals surface area contributed by atoms with Crippen molar-refractivity contribution in [3.63, 3.8) is 0 Å². The van der Waals surface area contributed by atoms with Crippen LogP contribution < -0.4 is 10.1 Å². The molecule has 0 radical (unpaired) electrons. The number of halogens is 2. The number of hydrogen-bond acceptors (Lipinski definition) is 3. The Morgan fingerprint density at radius 3 is 2.81 bits per heavy atom. The molecular weight excluding hydrogens is 358 g/mol. The molecule has 0 aliphatic rings.